The lowest BCUT2D eigenvalue weighted by Crippen LogP contribution is -1.90. The van der Waals surface area contributed by atoms with Gasteiger partial charge in [-0.05, 0) is 28.1 Å². The van der Waals surface area contributed by atoms with Crippen molar-refractivity contribution in [2.75, 3.05) is 5.73 Å². The molecule has 2 aromatic rings. The molecule has 0 radical (unpaired) electrons. The molecule has 0 amide bonds. The number of benzene rings is 1. The number of halogens is 1. The highest BCUT2D eigenvalue weighted by Crippen LogP contribution is 2.35. The first-order chi connectivity index (χ1) is 6.24. The Hall–Kier alpha value is -1.05. The molecule has 1 aromatic heterocycles. The Morgan fingerprint density at radius 2 is 2.23 bits per heavy atom. The predicted molar refractivity (Wildman–Crippen MR) is 58.7 cm³/mol. The van der Waals surface area contributed by atoms with Crippen molar-refractivity contribution in [2.24, 2.45) is 0 Å². The summed E-state index contributed by atoms with van der Waals surface area (Å²) in [6, 6.07) is 5.73. The van der Waals surface area contributed by atoms with Crippen LogP contribution in [-0.2, 0) is 0 Å². The van der Waals surface area contributed by atoms with Crippen molar-refractivity contribution in [2.45, 2.75) is 0 Å². The third-order valence-electron chi connectivity index (χ3n) is 1.86. The van der Waals surface area contributed by atoms with Crippen molar-refractivity contribution in [1.82, 2.24) is 0 Å². The number of hydrogen-bond donors (Lipinski definition) is 1. The molecule has 1 heterocycles. The fourth-order valence-corrected chi connectivity index (χ4v) is 2.89. The van der Waals surface area contributed by atoms with E-state index in [1.165, 1.54) is 0 Å². The molecule has 0 saturated carbocycles. The molecule has 0 spiro atoms. The predicted octanol–water partition coefficient (Wildman–Crippen LogP) is 3.12. The molecule has 2 nitrogen and oxygen atoms in total. The molecule has 0 aliphatic heterocycles. The maximum atomic E-state index is 8.76. The molecule has 0 bridgehead atoms. The Morgan fingerprint density at radius 1 is 1.46 bits per heavy atom. The number of nitrogens with zero attached hydrogens (tertiary/aromatic N) is 1. The van der Waals surface area contributed by atoms with Gasteiger partial charge in [0.1, 0.15) is 6.07 Å². The van der Waals surface area contributed by atoms with Gasteiger partial charge in [-0.3, -0.25) is 0 Å². The second-order valence-corrected chi connectivity index (χ2v) is 4.36. The van der Waals surface area contributed by atoms with Crippen molar-refractivity contribution in [3.8, 4) is 6.07 Å². The molecular weight excluding hydrogens is 248 g/mol. The number of anilines is 1. The van der Waals surface area contributed by atoms with Gasteiger partial charge in [-0.2, -0.15) is 5.26 Å². The van der Waals surface area contributed by atoms with Gasteiger partial charge in [0.15, 0.2) is 0 Å². The summed E-state index contributed by atoms with van der Waals surface area (Å²) >= 11 is 5.01. The van der Waals surface area contributed by atoms with Crippen LogP contribution in [0.15, 0.2) is 22.0 Å². The van der Waals surface area contributed by atoms with Crippen LogP contribution in [0.25, 0.3) is 10.1 Å². The standard InChI is InChI=1S/C9H5BrN2S/c10-6-4-13-7-2-1-5(3-11)9(12)8(6)7/h1-2,4H,12H2. The van der Waals surface area contributed by atoms with Crippen LogP contribution >= 0.6 is 27.3 Å². The van der Waals surface area contributed by atoms with E-state index in [1.54, 1.807) is 17.4 Å². The van der Waals surface area contributed by atoms with Crippen LogP contribution in [0.4, 0.5) is 5.69 Å². The molecular formula is C9H5BrN2S. The van der Waals surface area contributed by atoms with Crippen molar-refractivity contribution >= 4 is 43.0 Å². The number of hydrogen-bond acceptors (Lipinski definition) is 3. The van der Waals surface area contributed by atoms with Gasteiger partial charge in [0.25, 0.3) is 0 Å². The van der Waals surface area contributed by atoms with Crippen LogP contribution in [0.1, 0.15) is 5.56 Å². The van der Waals surface area contributed by atoms with E-state index in [9.17, 15) is 0 Å². The first-order valence-electron chi connectivity index (χ1n) is 3.59. The zero-order chi connectivity index (χ0) is 9.42. The zero-order valence-electron chi connectivity index (χ0n) is 6.54. The highest BCUT2D eigenvalue weighted by atomic mass is 79.9. The number of thiophene rings is 1. The first kappa shape index (κ1) is 8.54. The lowest BCUT2D eigenvalue weighted by atomic mass is 10.1. The van der Waals surface area contributed by atoms with Crippen LogP contribution < -0.4 is 5.73 Å². The van der Waals surface area contributed by atoms with E-state index in [-0.39, 0.29) is 0 Å². The number of nitriles is 1. The summed E-state index contributed by atoms with van der Waals surface area (Å²) in [5.74, 6) is 0. The summed E-state index contributed by atoms with van der Waals surface area (Å²) in [4.78, 5) is 0. The minimum Gasteiger partial charge on any atom is -0.397 e. The summed E-state index contributed by atoms with van der Waals surface area (Å²) in [6.45, 7) is 0. The molecule has 1 aromatic carbocycles. The average molecular weight is 253 g/mol. The minimum atomic E-state index is 0.534. The van der Waals surface area contributed by atoms with Crippen molar-refractivity contribution in [1.29, 1.82) is 5.26 Å². The number of nitrogen functional groups attached to an aromatic ring is 1. The van der Waals surface area contributed by atoms with Crippen molar-refractivity contribution in [3.63, 3.8) is 0 Å². The van der Waals surface area contributed by atoms with E-state index in [0.29, 0.717) is 11.3 Å². The van der Waals surface area contributed by atoms with Gasteiger partial charge in [-0.1, -0.05) is 0 Å². The molecule has 0 aliphatic carbocycles. The maximum Gasteiger partial charge on any atom is 0.101 e. The largest absolute Gasteiger partial charge is 0.397 e. The summed E-state index contributed by atoms with van der Waals surface area (Å²) in [5.41, 5.74) is 6.93. The topological polar surface area (TPSA) is 49.8 Å². The Labute approximate surface area is 87.7 Å². The smallest absolute Gasteiger partial charge is 0.101 e. The van der Waals surface area contributed by atoms with Gasteiger partial charge >= 0.3 is 0 Å². The maximum absolute atomic E-state index is 8.76. The highest BCUT2D eigenvalue weighted by molar-refractivity contribution is 9.10. The molecule has 0 atom stereocenters. The van der Waals surface area contributed by atoms with Crippen molar-refractivity contribution in [3.05, 3.63) is 27.5 Å². The monoisotopic (exact) mass is 252 g/mol. The molecule has 0 aliphatic rings. The summed E-state index contributed by atoms with van der Waals surface area (Å²) < 4.78 is 2.06. The van der Waals surface area contributed by atoms with Gasteiger partial charge in [-0.25, -0.2) is 0 Å². The Kier molecular flexibility index (Phi) is 1.98. The van der Waals surface area contributed by atoms with E-state index in [0.717, 1.165) is 14.6 Å². The minimum absolute atomic E-state index is 0.534. The number of nitrogens with two attached hydrogens (primary N) is 1. The molecule has 4 heteroatoms. The van der Waals surface area contributed by atoms with Crippen LogP contribution in [0.5, 0.6) is 0 Å². The van der Waals surface area contributed by atoms with Crippen LogP contribution in [0, 0.1) is 11.3 Å². The quantitative estimate of drug-likeness (QED) is 0.733. The van der Waals surface area contributed by atoms with Gasteiger partial charge in [0.05, 0.1) is 11.3 Å². The average Bonchev–Trinajstić information content (AvgIpc) is 2.49. The Bertz CT molecular complexity index is 510. The molecule has 2 N–H and O–H groups in total. The van der Waals surface area contributed by atoms with E-state index < -0.39 is 0 Å². The lowest BCUT2D eigenvalue weighted by Gasteiger charge is -1.99. The summed E-state index contributed by atoms with van der Waals surface area (Å²) in [6.07, 6.45) is 0. The van der Waals surface area contributed by atoms with Gasteiger partial charge in [0, 0.05) is 19.9 Å². The zero-order valence-corrected chi connectivity index (χ0v) is 8.95. The highest BCUT2D eigenvalue weighted by Gasteiger charge is 2.08. The van der Waals surface area contributed by atoms with Crippen LogP contribution in [0.3, 0.4) is 0 Å². The van der Waals surface area contributed by atoms with E-state index in [4.69, 9.17) is 11.0 Å². The SMILES string of the molecule is N#Cc1ccc2scc(Br)c2c1N. The number of rotatable bonds is 0. The molecule has 0 fully saturated rings. The van der Waals surface area contributed by atoms with E-state index in [2.05, 4.69) is 22.0 Å². The fourth-order valence-electron chi connectivity index (χ4n) is 1.22. The molecule has 64 valence electrons. The molecule has 13 heavy (non-hydrogen) atoms. The van der Waals surface area contributed by atoms with Crippen LogP contribution in [0.2, 0.25) is 0 Å². The van der Waals surface area contributed by atoms with Gasteiger partial charge in [0.2, 0.25) is 0 Å². The second kappa shape index (κ2) is 3.02. The summed E-state index contributed by atoms with van der Waals surface area (Å²) in [5, 5.41) is 11.7. The Balaban J connectivity index is 2.93. The van der Waals surface area contributed by atoms with Gasteiger partial charge < -0.3 is 5.73 Å². The van der Waals surface area contributed by atoms with Crippen LogP contribution in [-0.4, -0.2) is 0 Å². The Morgan fingerprint density at radius 3 is 2.92 bits per heavy atom. The number of fused-ring (bicyclic) bond motifs is 1. The summed E-state index contributed by atoms with van der Waals surface area (Å²) in [7, 11) is 0. The van der Waals surface area contributed by atoms with E-state index in [1.807, 2.05) is 11.4 Å². The first-order valence-corrected chi connectivity index (χ1v) is 5.26. The fraction of sp³-hybridized carbons (Fsp3) is 0. The van der Waals surface area contributed by atoms with E-state index >= 15 is 0 Å². The third kappa shape index (κ3) is 1.21. The van der Waals surface area contributed by atoms with Crippen molar-refractivity contribution < 1.29 is 0 Å². The third-order valence-corrected chi connectivity index (χ3v) is 3.73. The molecule has 0 saturated heterocycles. The van der Waals surface area contributed by atoms with Gasteiger partial charge in [-0.15, -0.1) is 11.3 Å². The normalized spacial score (nSPS) is 10.2. The lowest BCUT2D eigenvalue weighted by molar-refractivity contribution is 1.50. The second-order valence-electron chi connectivity index (χ2n) is 2.60. The molecule has 0 unspecified atom stereocenters. The molecule has 2 rings (SSSR count).